The van der Waals surface area contributed by atoms with Gasteiger partial charge in [-0.2, -0.15) is 0 Å². The fourth-order valence-electron chi connectivity index (χ4n) is 4.99. The molecule has 1 aromatic heterocycles. The lowest BCUT2D eigenvalue weighted by Crippen LogP contribution is -2.51. The molecule has 5 rings (SSSR count). The van der Waals surface area contributed by atoms with E-state index in [2.05, 4.69) is 52.7 Å². The Morgan fingerprint density at radius 2 is 1.76 bits per heavy atom. The molecule has 0 radical (unpaired) electrons. The lowest BCUT2D eigenvalue weighted by molar-refractivity contribution is 0.112. The molecule has 0 saturated carbocycles. The van der Waals surface area contributed by atoms with Gasteiger partial charge in [0.15, 0.2) is 0 Å². The van der Waals surface area contributed by atoms with E-state index in [0.717, 1.165) is 31.3 Å². The molecule has 2 aliphatic heterocycles. The van der Waals surface area contributed by atoms with Gasteiger partial charge in [-0.25, -0.2) is 9.78 Å². The predicted octanol–water partition coefficient (Wildman–Crippen LogP) is 4.05. The number of piperidine rings is 1. The van der Waals surface area contributed by atoms with Gasteiger partial charge in [0.25, 0.3) is 0 Å². The Balaban J connectivity index is 1.22. The Hall–Kier alpha value is -2.44. The maximum absolute atomic E-state index is 11.2. The van der Waals surface area contributed by atoms with Crippen LogP contribution in [0.1, 0.15) is 41.8 Å². The average Bonchev–Trinajstić information content (AvgIpc) is 3.20. The van der Waals surface area contributed by atoms with E-state index in [1.165, 1.54) is 33.7 Å². The highest BCUT2D eigenvalue weighted by atomic mass is 32.1. The molecule has 3 N–H and O–H groups in total. The van der Waals surface area contributed by atoms with E-state index in [1.807, 2.05) is 6.07 Å². The molecular weight excluding hydrogens is 380 g/mol. The molecule has 2 aromatic carbocycles. The summed E-state index contributed by atoms with van der Waals surface area (Å²) in [4.78, 5) is 18.6. The first-order valence-corrected chi connectivity index (χ1v) is 11.2. The molecule has 5 nitrogen and oxygen atoms in total. The molecule has 2 saturated heterocycles. The number of benzene rings is 2. The summed E-state index contributed by atoms with van der Waals surface area (Å²) >= 11 is 1.78. The van der Waals surface area contributed by atoms with Gasteiger partial charge in [0.1, 0.15) is 0 Å². The zero-order valence-corrected chi connectivity index (χ0v) is 17.2. The van der Waals surface area contributed by atoms with Crippen molar-refractivity contribution in [1.29, 1.82) is 0 Å². The fraction of sp³-hybridized carbons (Fsp3) is 0.391. The van der Waals surface area contributed by atoms with Crippen LogP contribution >= 0.6 is 11.3 Å². The number of hydrogen-bond donors (Lipinski definition) is 2. The van der Waals surface area contributed by atoms with Crippen molar-refractivity contribution < 1.29 is 4.79 Å². The van der Waals surface area contributed by atoms with Crippen molar-refractivity contribution in [1.82, 2.24) is 15.2 Å². The number of aromatic nitrogens is 1. The van der Waals surface area contributed by atoms with Crippen LogP contribution in [0.3, 0.4) is 0 Å². The number of urea groups is 1. The van der Waals surface area contributed by atoms with Gasteiger partial charge in [-0.15, -0.1) is 11.3 Å². The van der Waals surface area contributed by atoms with E-state index in [-0.39, 0.29) is 6.04 Å². The molecule has 3 aromatic rings. The zero-order chi connectivity index (χ0) is 19.8. The molecular formula is C23H26N4OS. The second-order valence-corrected chi connectivity index (χ2v) is 9.42. The summed E-state index contributed by atoms with van der Waals surface area (Å²) < 4.78 is 1.25. The summed E-state index contributed by atoms with van der Waals surface area (Å²) in [5.41, 5.74) is 9.07. The maximum atomic E-state index is 11.2. The normalized spacial score (nSPS) is 24.1. The molecule has 0 spiro atoms. The van der Waals surface area contributed by atoms with Crippen LogP contribution in [0.5, 0.6) is 0 Å². The van der Waals surface area contributed by atoms with Gasteiger partial charge in [-0.3, -0.25) is 4.90 Å². The Morgan fingerprint density at radius 1 is 1.07 bits per heavy atom. The average molecular weight is 407 g/mol. The van der Waals surface area contributed by atoms with Crippen molar-refractivity contribution in [3.05, 3.63) is 64.7 Å². The van der Waals surface area contributed by atoms with Crippen LogP contribution < -0.4 is 11.1 Å². The number of nitrogens with zero attached hydrogens (tertiary/aromatic N) is 2. The lowest BCUT2D eigenvalue weighted by Gasteiger charge is -2.39. The number of para-hydroxylation sites is 1. The van der Waals surface area contributed by atoms with E-state index >= 15 is 0 Å². The second-order valence-electron chi connectivity index (χ2n) is 8.30. The summed E-state index contributed by atoms with van der Waals surface area (Å²) in [7, 11) is 0. The minimum absolute atomic E-state index is 0.234. The second kappa shape index (κ2) is 7.76. The summed E-state index contributed by atoms with van der Waals surface area (Å²) in [5, 5.41) is 4.08. The van der Waals surface area contributed by atoms with Crippen LogP contribution in [0.4, 0.5) is 4.79 Å². The summed E-state index contributed by atoms with van der Waals surface area (Å²) in [6.45, 7) is 0.986. The van der Waals surface area contributed by atoms with Gasteiger partial charge < -0.3 is 11.1 Å². The standard InChI is InChI=1S/C23H26N4OS/c24-23(28)25-17-12-18-9-10-19(13-17)27(18)14-16-7-5-15(6-8-16)11-22-26-20-3-1-2-4-21(20)29-22/h1-8,17-19H,9-14H2,(H3,24,25,28)/t18-,19-/m1/s1. The van der Waals surface area contributed by atoms with Gasteiger partial charge in [0.2, 0.25) is 0 Å². The van der Waals surface area contributed by atoms with Gasteiger partial charge in [0.05, 0.1) is 15.2 Å². The molecule has 150 valence electrons. The van der Waals surface area contributed by atoms with Crippen LogP contribution in [0.15, 0.2) is 48.5 Å². The highest BCUT2D eigenvalue weighted by Crippen LogP contribution is 2.37. The van der Waals surface area contributed by atoms with Crippen molar-refractivity contribution in [3.63, 3.8) is 0 Å². The van der Waals surface area contributed by atoms with E-state index in [9.17, 15) is 4.79 Å². The van der Waals surface area contributed by atoms with Crippen molar-refractivity contribution >= 4 is 27.6 Å². The molecule has 0 aliphatic carbocycles. The molecule has 0 unspecified atom stereocenters. The Morgan fingerprint density at radius 3 is 2.45 bits per heavy atom. The lowest BCUT2D eigenvalue weighted by atomic mass is 9.96. The number of nitrogens with two attached hydrogens (primary N) is 1. The van der Waals surface area contributed by atoms with E-state index in [0.29, 0.717) is 12.1 Å². The highest BCUT2D eigenvalue weighted by molar-refractivity contribution is 7.18. The fourth-order valence-corrected chi connectivity index (χ4v) is 6.00. The summed E-state index contributed by atoms with van der Waals surface area (Å²) in [5.74, 6) is 0. The first kappa shape index (κ1) is 18.6. The first-order valence-electron chi connectivity index (χ1n) is 10.4. The van der Waals surface area contributed by atoms with Gasteiger partial charge >= 0.3 is 6.03 Å². The van der Waals surface area contributed by atoms with Crippen LogP contribution in [-0.4, -0.2) is 34.0 Å². The molecule has 2 atom stereocenters. The van der Waals surface area contributed by atoms with Crippen LogP contribution in [0.2, 0.25) is 0 Å². The monoisotopic (exact) mass is 406 g/mol. The summed E-state index contributed by atoms with van der Waals surface area (Å²) in [6, 6.07) is 18.3. The number of amides is 2. The maximum Gasteiger partial charge on any atom is 0.312 e. The molecule has 29 heavy (non-hydrogen) atoms. The van der Waals surface area contributed by atoms with Gasteiger partial charge in [-0.1, -0.05) is 36.4 Å². The number of fused-ring (bicyclic) bond motifs is 3. The van der Waals surface area contributed by atoms with Crippen LogP contribution in [0.25, 0.3) is 10.2 Å². The first-order chi connectivity index (χ1) is 14.1. The molecule has 3 heterocycles. The third kappa shape index (κ3) is 4.00. The minimum Gasteiger partial charge on any atom is -0.352 e. The number of primary amides is 1. The molecule has 2 fully saturated rings. The molecule has 2 amide bonds. The zero-order valence-electron chi connectivity index (χ0n) is 16.4. The number of carbonyl (C=O) groups is 1. The molecule has 2 bridgehead atoms. The van der Waals surface area contributed by atoms with E-state index in [1.54, 1.807) is 11.3 Å². The van der Waals surface area contributed by atoms with Crippen LogP contribution in [-0.2, 0) is 13.0 Å². The predicted molar refractivity (Wildman–Crippen MR) is 117 cm³/mol. The van der Waals surface area contributed by atoms with Crippen molar-refractivity contribution in [2.24, 2.45) is 5.73 Å². The van der Waals surface area contributed by atoms with E-state index < -0.39 is 6.03 Å². The quantitative estimate of drug-likeness (QED) is 0.671. The third-order valence-corrected chi connectivity index (χ3v) is 7.35. The van der Waals surface area contributed by atoms with E-state index in [4.69, 9.17) is 10.7 Å². The third-order valence-electron chi connectivity index (χ3n) is 6.31. The van der Waals surface area contributed by atoms with Gasteiger partial charge in [0, 0.05) is 31.1 Å². The van der Waals surface area contributed by atoms with Crippen LogP contribution in [0, 0.1) is 0 Å². The number of thiazole rings is 1. The highest BCUT2D eigenvalue weighted by Gasteiger charge is 2.40. The Kier molecular flexibility index (Phi) is 4.97. The number of hydrogen-bond acceptors (Lipinski definition) is 4. The van der Waals surface area contributed by atoms with Gasteiger partial charge in [-0.05, 0) is 48.9 Å². The number of rotatable bonds is 5. The summed E-state index contributed by atoms with van der Waals surface area (Å²) in [6.07, 6.45) is 5.34. The minimum atomic E-state index is -0.397. The largest absolute Gasteiger partial charge is 0.352 e. The topological polar surface area (TPSA) is 71.2 Å². The molecule has 6 heteroatoms. The number of carbonyl (C=O) groups excluding carboxylic acids is 1. The van der Waals surface area contributed by atoms with Crippen molar-refractivity contribution in [2.75, 3.05) is 0 Å². The smallest absolute Gasteiger partial charge is 0.312 e. The van der Waals surface area contributed by atoms with Crippen molar-refractivity contribution in [2.45, 2.75) is 56.8 Å². The Bertz CT molecular complexity index is 968. The Labute approximate surface area is 174 Å². The van der Waals surface area contributed by atoms with Crippen molar-refractivity contribution in [3.8, 4) is 0 Å². The SMILES string of the molecule is NC(=O)NC1C[C@H]2CC[C@H](C1)N2Cc1ccc(Cc2nc3ccccc3s2)cc1. The number of nitrogens with one attached hydrogen (secondary N) is 1. The molecule has 2 aliphatic rings.